The summed E-state index contributed by atoms with van der Waals surface area (Å²) in [7, 11) is 1.57. The van der Waals surface area contributed by atoms with Gasteiger partial charge in [0.25, 0.3) is 0 Å². The van der Waals surface area contributed by atoms with E-state index in [1.165, 1.54) is 0 Å². The van der Waals surface area contributed by atoms with Gasteiger partial charge in [-0.15, -0.1) is 0 Å². The molecule has 1 aliphatic carbocycles. The van der Waals surface area contributed by atoms with Crippen molar-refractivity contribution in [2.45, 2.75) is 38.3 Å². The Morgan fingerprint density at radius 2 is 2.11 bits per heavy atom. The van der Waals surface area contributed by atoms with Crippen LogP contribution in [-0.4, -0.2) is 44.2 Å². The number of rotatable bonds is 8. The van der Waals surface area contributed by atoms with Gasteiger partial charge in [-0.25, -0.2) is 0 Å². The molecule has 2 unspecified atom stereocenters. The van der Waals surface area contributed by atoms with Crippen molar-refractivity contribution in [1.29, 1.82) is 0 Å². The highest BCUT2D eigenvalue weighted by atomic mass is 16.5. The van der Waals surface area contributed by atoms with E-state index in [0.29, 0.717) is 25.5 Å². The van der Waals surface area contributed by atoms with Crippen LogP contribution in [0.15, 0.2) is 0 Å². The molecule has 1 rings (SSSR count). The first kappa shape index (κ1) is 14.9. The first-order valence-electron chi connectivity index (χ1n) is 6.36. The third-order valence-corrected chi connectivity index (χ3v) is 3.02. The minimum absolute atomic E-state index is 0.0752. The molecule has 0 aliphatic heterocycles. The number of amides is 2. The normalized spacial score (nSPS) is 17.9. The summed E-state index contributed by atoms with van der Waals surface area (Å²) in [6, 6.07) is -0.616. The standard InChI is InChI=1S/C12H23N3O3/c1-8(12(17)14-5-6-18-2)15-11(16)7-10(13)9-3-4-9/h8-10H,3-7,13H2,1-2H3,(H,14,17)(H,15,16). The SMILES string of the molecule is COCCNC(=O)C(C)NC(=O)CC(N)C1CC1. The molecule has 6 heteroatoms. The van der Waals surface area contributed by atoms with Crippen LogP contribution in [0.1, 0.15) is 26.2 Å². The molecule has 2 amide bonds. The first-order chi connectivity index (χ1) is 8.54. The number of nitrogens with one attached hydrogen (secondary N) is 2. The summed E-state index contributed by atoms with van der Waals surface area (Å²) < 4.78 is 4.82. The van der Waals surface area contributed by atoms with Crippen molar-refractivity contribution in [3.8, 4) is 0 Å². The van der Waals surface area contributed by atoms with Gasteiger partial charge < -0.3 is 21.1 Å². The van der Waals surface area contributed by atoms with E-state index in [4.69, 9.17) is 10.5 Å². The van der Waals surface area contributed by atoms with E-state index < -0.39 is 6.04 Å². The minimum Gasteiger partial charge on any atom is -0.383 e. The van der Waals surface area contributed by atoms with Gasteiger partial charge in [-0.05, 0) is 25.7 Å². The van der Waals surface area contributed by atoms with Gasteiger partial charge in [-0.3, -0.25) is 9.59 Å². The molecule has 0 bridgehead atoms. The summed E-state index contributed by atoms with van der Waals surface area (Å²) in [6.45, 7) is 2.55. The fraction of sp³-hybridized carbons (Fsp3) is 0.833. The van der Waals surface area contributed by atoms with E-state index in [2.05, 4.69) is 10.6 Å². The van der Waals surface area contributed by atoms with E-state index in [0.717, 1.165) is 12.8 Å². The Bertz CT molecular complexity index is 292. The van der Waals surface area contributed by atoms with Crippen LogP contribution >= 0.6 is 0 Å². The van der Waals surface area contributed by atoms with E-state index in [1.807, 2.05) is 0 Å². The summed E-state index contributed by atoms with van der Waals surface area (Å²) in [5, 5.41) is 5.32. The van der Waals surface area contributed by atoms with Crippen LogP contribution in [0.3, 0.4) is 0 Å². The number of nitrogens with two attached hydrogens (primary N) is 1. The molecule has 0 spiro atoms. The zero-order valence-corrected chi connectivity index (χ0v) is 11.1. The number of methoxy groups -OCH3 is 1. The van der Waals surface area contributed by atoms with Crippen molar-refractivity contribution in [2.75, 3.05) is 20.3 Å². The predicted octanol–water partition coefficient (Wildman–Crippen LogP) is -0.619. The van der Waals surface area contributed by atoms with Crippen LogP contribution < -0.4 is 16.4 Å². The van der Waals surface area contributed by atoms with Crippen molar-refractivity contribution in [2.24, 2.45) is 11.7 Å². The molecule has 0 aromatic carbocycles. The molecule has 1 aliphatic rings. The van der Waals surface area contributed by atoms with Gasteiger partial charge >= 0.3 is 0 Å². The lowest BCUT2D eigenvalue weighted by atomic mass is 10.1. The molecule has 1 saturated carbocycles. The Morgan fingerprint density at radius 3 is 2.67 bits per heavy atom. The molecular weight excluding hydrogens is 234 g/mol. The lowest BCUT2D eigenvalue weighted by Crippen LogP contribution is -2.46. The van der Waals surface area contributed by atoms with Crippen molar-refractivity contribution in [1.82, 2.24) is 10.6 Å². The molecule has 0 heterocycles. The quantitative estimate of drug-likeness (QED) is 0.505. The number of carbonyl (C=O) groups is 2. The summed E-state index contributed by atoms with van der Waals surface area (Å²) in [5.41, 5.74) is 5.85. The summed E-state index contributed by atoms with van der Waals surface area (Å²) in [5.74, 6) is 0.116. The third kappa shape index (κ3) is 5.46. The Kier molecular flexibility index (Phi) is 6.07. The van der Waals surface area contributed by atoms with Gasteiger partial charge in [0, 0.05) is 26.1 Å². The maximum Gasteiger partial charge on any atom is 0.242 e. The Hall–Kier alpha value is -1.14. The zero-order valence-electron chi connectivity index (χ0n) is 11.1. The maximum absolute atomic E-state index is 11.6. The van der Waals surface area contributed by atoms with Crippen LogP contribution in [0.25, 0.3) is 0 Å². The van der Waals surface area contributed by atoms with Crippen LogP contribution in [0.5, 0.6) is 0 Å². The fourth-order valence-corrected chi connectivity index (χ4v) is 1.70. The minimum atomic E-state index is -0.541. The number of hydrogen-bond acceptors (Lipinski definition) is 4. The summed E-state index contributed by atoms with van der Waals surface area (Å²) >= 11 is 0. The molecule has 6 nitrogen and oxygen atoms in total. The topological polar surface area (TPSA) is 93.5 Å². The number of carbonyl (C=O) groups excluding carboxylic acids is 2. The third-order valence-electron chi connectivity index (χ3n) is 3.02. The van der Waals surface area contributed by atoms with Crippen LogP contribution in [0.2, 0.25) is 0 Å². The lowest BCUT2D eigenvalue weighted by Gasteiger charge is -2.15. The Morgan fingerprint density at radius 1 is 1.44 bits per heavy atom. The molecule has 0 aromatic rings. The smallest absolute Gasteiger partial charge is 0.242 e. The summed E-state index contributed by atoms with van der Waals surface area (Å²) in [6.07, 6.45) is 2.52. The van der Waals surface area contributed by atoms with Crippen molar-refractivity contribution in [3.63, 3.8) is 0 Å². The highest BCUT2D eigenvalue weighted by Gasteiger charge is 2.30. The second-order valence-corrected chi connectivity index (χ2v) is 4.78. The van der Waals surface area contributed by atoms with Crippen LogP contribution in [-0.2, 0) is 14.3 Å². The van der Waals surface area contributed by atoms with Crippen LogP contribution in [0.4, 0.5) is 0 Å². The molecule has 0 radical (unpaired) electrons. The average Bonchev–Trinajstić information content (AvgIpc) is 3.12. The van der Waals surface area contributed by atoms with Gasteiger partial charge in [-0.1, -0.05) is 0 Å². The van der Waals surface area contributed by atoms with Crippen molar-refractivity contribution in [3.05, 3.63) is 0 Å². The van der Waals surface area contributed by atoms with E-state index in [-0.39, 0.29) is 17.9 Å². The molecular formula is C12H23N3O3. The predicted molar refractivity (Wildman–Crippen MR) is 67.8 cm³/mol. The highest BCUT2D eigenvalue weighted by Crippen LogP contribution is 2.32. The van der Waals surface area contributed by atoms with Crippen molar-refractivity contribution < 1.29 is 14.3 Å². The van der Waals surface area contributed by atoms with E-state index in [1.54, 1.807) is 14.0 Å². The summed E-state index contributed by atoms with van der Waals surface area (Å²) in [4.78, 5) is 23.2. The Labute approximate surface area is 108 Å². The van der Waals surface area contributed by atoms with Gasteiger partial charge in [0.1, 0.15) is 6.04 Å². The van der Waals surface area contributed by atoms with Gasteiger partial charge in [0.2, 0.25) is 11.8 Å². The monoisotopic (exact) mass is 257 g/mol. The highest BCUT2D eigenvalue weighted by molar-refractivity contribution is 5.87. The molecule has 1 fully saturated rings. The Balaban J connectivity index is 2.18. The van der Waals surface area contributed by atoms with E-state index in [9.17, 15) is 9.59 Å². The van der Waals surface area contributed by atoms with Crippen molar-refractivity contribution >= 4 is 11.8 Å². The molecule has 2 atom stereocenters. The van der Waals surface area contributed by atoms with Gasteiger partial charge in [0.15, 0.2) is 0 Å². The second-order valence-electron chi connectivity index (χ2n) is 4.78. The van der Waals surface area contributed by atoms with Crippen LogP contribution in [0, 0.1) is 5.92 Å². The zero-order chi connectivity index (χ0) is 13.5. The molecule has 104 valence electrons. The fourth-order valence-electron chi connectivity index (χ4n) is 1.70. The second kappa shape index (κ2) is 7.33. The first-order valence-corrected chi connectivity index (χ1v) is 6.36. The molecule has 0 aromatic heterocycles. The maximum atomic E-state index is 11.6. The lowest BCUT2D eigenvalue weighted by molar-refractivity contribution is -0.128. The molecule has 18 heavy (non-hydrogen) atoms. The average molecular weight is 257 g/mol. The number of ether oxygens (including phenoxy) is 1. The molecule has 4 N–H and O–H groups in total. The van der Waals surface area contributed by atoms with Gasteiger partial charge in [0.05, 0.1) is 6.61 Å². The van der Waals surface area contributed by atoms with Gasteiger partial charge in [-0.2, -0.15) is 0 Å². The largest absolute Gasteiger partial charge is 0.383 e. The number of hydrogen-bond donors (Lipinski definition) is 3. The van der Waals surface area contributed by atoms with E-state index >= 15 is 0 Å². The molecule has 0 saturated heterocycles.